The molecule has 2 rings (SSSR count). The quantitative estimate of drug-likeness (QED) is 0.908. The minimum Gasteiger partial charge on any atom is -0.496 e. The molecule has 1 aromatic heterocycles. The number of carbonyl (C=O) groups is 1. The number of aromatic carboxylic acids is 1. The normalized spacial score (nSPS) is 10.2. The highest BCUT2D eigenvalue weighted by atomic mass is 32.1. The van der Waals surface area contributed by atoms with E-state index < -0.39 is 5.97 Å². The van der Waals surface area contributed by atoms with Crippen molar-refractivity contribution in [3.05, 3.63) is 34.8 Å². The number of hydrogen-bond donors (Lipinski definition) is 1. The highest BCUT2D eigenvalue weighted by Crippen LogP contribution is 2.34. The van der Waals surface area contributed by atoms with Gasteiger partial charge < -0.3 is 9.84 Å². The maximum Gasteiger partial charge on any atom is 0.347 e. The number of carboxylic acid groups (broad SMARTS) is 1. The Balaban J connectivity index is 2.53. The summed E-state index contributed by atoms with van der Waals surface area (Å²) in [6, 6.07) is 7.42. The SMILES string of the molecule is COc1ccccc1-c1nc(C)c(C(=O)O)s1. The Kier molecular flexibility index (Phi) is 3.10. The summed E-state index contributed by atoms with van der Waals surface area (Å²) in [4.78, 5) is 15.5. The second kappa shape index (κ2) is 4.55. The Morgan fingerprint density at radius 3 is 2.71 bits per heavy atom. The lowest BCUT2D eigenvalue weighted by Crippen LogP contribution is -1.94. The third-order valence-corrected chi connectivity index (χ3v) is 3.51. The molecule has 0 aliphatic carbocycles. The standard InChI is InChI=1S/C12H11NO3S/c1-7-10(12(14)15)17-11(13-7)8-5-3-4-6-9(8)16-2/h3-6H,1-2H3,(H,14,15). The Bertz CT molecular complexity index is 563. The summed E-state index contributed by atoms with van der Waals surface area (Å²) in [6.07, 6.45) is 0. The number of rotatable bonds is 3. The zero-order chi connectivity index (χ0) is 12.4. The molecule has 4 nitrogen and oxygen atoms in total. The topological polar surface area (TPSA) is 59.4 Å². The number of benzene rings is 1. The average Bonchev–Trinajstić information content (AvgIpc) is 2.71. The van der Waals surface area contributed by atoms with Crippen molar-refractivity contribution in [2.75, 3.05) is 7.11 Å². The van der Waals surface area contributed by atoms with Gasteiger partial charge in [-0.2, -0.15) is 0 Å². The molecule has 0 aliphatic rings. The van der Waals surface area contributed by atoms with E-state index in [1.165, 1.54) is 0 Å². The van der Waals surface area contributed by atoms with Crippen LogP contribution in [0.25, 0.3) is 10.6 Å². The van der Waals surface area contributed by atoms with Crippen molar-refractivity contribution in [2.24, 2.45) is 0 Å². The molecule has 0 saturated heterocycles. The molecule has 88 valence electrons. The molecule has 5 heteroatoms. The molecule has 1 aromatic carbocycles. The van der Waals surface area contributed by atoms with Crippen LogP contribution in [0.5, 0.6) is 5.75 Å². The number of hydrogen-bond acceptors (Lipinski definition) is 4. The predicted molar refractivity (Wildman–Crippen MR) is 65.8 cm³/mol. The number of nitrogens with zero attached hydrogens (tertiary/aromatic N) is 1. The molecule has 1 N–H and O–H groups in total. The molecule has 0 bridgehead atoms. The molecule has 0 fully saturated rings. The van der Waals surface area contributed by atoms with Crippen molar-refractivity contribution < 1.29 is 14.6 Å². The molecule has 0 atom stereocenters. The number of aromatic nitrogens is 1. The van der Waals surface area contributed by atoms with Crippen molar-refractivity contribution in [3.63, 3.8) is 0 Å². The first-order valence-corrected chi connectivity index (χ1v) is 5.79. The second-order valence-corrected chi connectivity index (χ2v) is 4.44. The van der Waals surface area contributed by atoms with Crippen LogP contribution in [0.2, 0.25) is 0 Å². The fourth-order valence-electron chi connectivity index (χ4n) is 1.53. The lowest BCUT2D eigenvalue weighted by molar-refractivity contribution is 0.0701. The number of aryl methyl sites for hydroxylation is 1. The molecule has 0 spiro atoms. The van der Waals surface area contributed by atoms with Gasteiger partial charge in [0.1, 0.15) is 15.6 Å². The molecule has 0 unspecified atom stereocenters. The zero-order valence-corrected chi connectivity index (χ0v) is 10.2. The molecule has 2 aromatic rings. The number of carboxylic acids is 1. The van der Waals surface area contributed by atoms with E-state index in [0.29, 0.717) is 16.5 Å². The lowest BCUT2D eigenvalue weighted by atomic mass is 10.2. The summed E-state index contributed by atoms with van der Waals surface area (Å²) in [5.74, 6) is -0.251. The second-order valence-electron chi connectivity index (χ2n) is 3.44. The van der Waals surface area contributed by atoms with E-state index in [0.717, 1.165) is 16.9 Å². The average molecular weight is 249 g/mol. The van der Waals surface area contributed by atoms with Gasteiger partial charge in [-0.3, -0.25) is 0 Å². The van der Waals surface area contributed by atoms with Crippen molar-refractivity contribution >= 4 is 17.3 Å². The van der Waals surface area contributed by atoms with Gasteiger partial charge in [0.15, 0.2) is 0 Å². The van der Waals surface area contributed by atoms with Crippen LogP contribution in [-0.2, 0) is 0 Å². The summed E-state index contributed by atoms with van der Waals surface area (Å²) in [5, 5.41) is 9.66. The summed E-state index contributed by atoms with van der Waals surface area (Å²) >= 11 is 1.16. The smallest absolute Gasteiger partial charge is 0.347 e. The first kappa shape index (κ1) is 11.6. The van der Waals surface area contributed by atoms with Gasteiger partial charge >= 0.3 is 5.97 Å². The first-order chi connectivity index (χ1) is 8.13. The monoisotopic (exact) mass is 249 g/mol. The van der Waals surface area contributed by atoms with Crippen molar-refractivity contribution in [3.8, 4) is 16.3 Å². The van der Waals surface area contributed by atoms with Gasteiger partial charge in [-0.1, -0.05) is 12.1 Å². The summed E-state index contributed by atoms with van der Waals surface area (Å²) in [7, 11) is 1.58. The third kappa shape index (κ3) is 2.14. The molecule has 0 radical (unpaired) electrons. The van der Waals surface area contributed by atoms with Gasteiger partial charge in [0.05, 0.1) is 18.4 Å². The first-order valence-electron chi connectivity index (χ1n) is 4.97. The van der Waals surface area contributed by atoms with Gasteiger partial charge in [-0.25, -0.2) is 9.78 Å². The number of ether oxygens (including phenoxy) is 1. The maximum absolute atomic E-state index is 11.0. The lowest BCUT2D eigenvalue weighted by Gasteiger charge is -2.04. The number of thiazole rings is 1. The van der Waals surface area contributed by atoms with Gasteiger partial charge in [0, 0.05) is 0 Å². The van der Waals surface area contributed by atoms with Gasteiger partial charge in [0.2, 0.25) is 0 Å². The van der Waals surface area contributed by atoms with E-state index in [9.17, 15) is 4.79 Å². The number of para-hydroxylation sites is 1. The van der Waals surface area contributed by atoms with Crippen molar-refractivity contribution in [1.82, 2.24) is 4.98 Å². The summed E-state index contributed by atoms with van der Waals surface area (Å²) < 4.78 is 5.23. The van der Waals surface area contributed by atoms with Crippen LogP contribution in [0.4, 0.5) is 0 Å². The van der Waals surface area contributed by atoms with E-state index >= 15 is 0 Å². The van der Waals surface area contributed by atoms with Crippen LogP contribution in [0.3, 0.4) is 0 Å². The summed E-state index contributed by atoms with van der Waals surface area (Å²) in [5.41, 5.74) is 1.35. The Labute approximate surface area is 103 Å². The van der Waals surface area contributed by atoms with E-state index in [1.54, 1.807) is 14.0 Å². The van der Waals surface area contributed by atoms with Crippen LogP contribution in [-0.4, -0.2) is 23.2 Å². The third-order valence-electron chi connectivity index (χ3n) is 2.33. The highest BCUT2D eigenvalue weighted by Gasteiger charge is 2.16. The number of methoxy groups -OCH3 is 1. The molecular formula is C12H11NO3S. The fourth-order valence-corrected chi connectivity index (χ4v) is 2.47. The van der Waals surface area contributed by atoms with E-state index in [1.807, 2.05) is 24.3 Å². The van der Waals surface area contributed by atoms with E-state index in [2.05, 4.69) is 4.98 Å². The molecule has 1 heterocycles. The molecule has 0 amide bonds. The molecule has 17 heavy (non-hydrogen) atoms. The van der Waals surface area contributed by atoms with Crippen LogP contribution >= 0.6 is 11.3 Å². The molecule has 0 aliphatic heterocycles. The van der Waals surface area contributed by atoms with E-state index in [-0.39, 0.29) is 4.88 Å². The minimum atomic E-state index is -0.943. The van der Waals surface area contributed by atoms with Crippen LogP contribution in [0.15, 0.2) is 24.3 Å². The molecular weight excluding hydrogens is 238 g/mol. The predicted octanol–water partition coefficient (Wildman–Crippen LogP) is 2.83. The zero-order valence-electron chi connectivity index (χ0n) is 9.43. The Morgan fingerprint density at radius 1 is 1.41 bits per heavy atom. The minimum absolute atomic E-state index is 0.269. The highest BCUT2D eigenvalue weighted by molar-refractivity contribution is 7.17. The largest absolute Gasteiger partial charge is 0.496 e. The van der Waals surface area contributed by atoms with Crippen LogP contribution < -0.4 is 4.74 Å². The fraction of sp³-hybridized carbons (Fsp3) is 0.167. The van der Waals surface area contributed by atoms with Crippen LogP contribution in [0, 0.1) is 6.92 Å². The summed E-state index contributed by atoms with van der Waals surface area (Å²) in [6.45, 7) is 1.69. The van der Waals surface area contributed by atoms with Crippen molar-refractivity contribution in [1.29, 1.82) is 0 Å². The van der Waals surface area contributed by atoms with Crippen molar-refractivity contribution in [2.45, 2.75) is 6.92 Å². The molecule has 0 saturated carbocycles. The Hall–Kier alpha value is -1.88. The van der Waals surface area contributed by atoms with E-state index in [4.69, 9.17) is 9.84 Å². The van der Waals surface area contributed by atoms with Gasteiger partial charge in [-0.15, -0.1) is 11.3 Å². The maximum atomic E-state index is 11.0. The van der Waals surface area contributed by atoms with Crippen LogP contribution in [0.1, 0.15) is 15.4 Å². The van der Waals surface area contributed by atoms with Gasteiger partial charge in [0.25, 0.3) is 0 Å². The Morgan fingerprint density at radius 2 is 2.12 bits per heavy atom. The van der Waals surface area contributed by atoms with Gasteiger partial charge in [-0.05, 0) is 19.1 Å².